The van der Waals surface area contributed by atoms with E-state index in [4.69, 9.17) is 5.11 Å². The molecule has 1 heterocycles. The summed E-state index contributed by atoms with van der Waals surface area (Å²) < 4.78 is 0. The summed E-state index contributed by atoms with van der Waals surface area (Å²) in [5.41, 5.74) is 0. The van der Waals surface area contributed by atoms with Gasteiger partial charge in [0, 0.05) is 17.5 Å². The molecule has 1 aromatic rings. The summed E-state index contributed by atoms with van der Waals surface area (Å²) >= 11 is 1.36. The fourth-order valence-corrected chi connectivity index (χ4v) is 2.31. The van der Waals surface area contributed by atoms with Crippen LogP contribution < -0.4 is 0 Å². The smallest absolute Gasteiger partial charge is 0.345 e. The third-order valence-corrected chi connectivity index (χ3v) is 3.43. The highest BCUT2D eigenvalue weighted by molar-refractivity contribution is 7.13. The van der Waals surface area contributed by atoms with Crippen molar-refractivity contribution in [2.75, 3.05) is 6.54 Å². The number of carbonyl (C=O) groups is 1. The van der Waals surface area contributed by atoms with Crippen molar-refractivity contribution in [2.45, 2.75) is 33.4 Å². The van der Waals surface area contributed by atoms with Crippen LogP contribution in [0.25, 0.3) is 0 Å². The second-order valence-electron chi connectivity index (χ2n) is 3.73. The van der Waals surface area contributed by atoms with Crippen LogP contribution in [0.15, 0.2) is 12.1 Å². The Morgan fingerprint density at radius 1 is 1.53 bits per heavy atom. The summed E-state index contributed by atoms with van der Waals surface area (Å²) in [4.78, 5) is 14.5. The van der Waals surface area contributed by atoms with Gasteiger partial charge in [0.2, 0.25) is 0 Å². The van der Waals surface area contributed by atoms with Crippen LogP contribution >= 0.6 is 11.3 Å². The van der Waals surface area contributed by atoms with Crippen LogP contribution in [0.5, 0.6) is 0 Å². The lowest BCUT2D eigenvalue weighted by Crippen LogP contribution is -2.29. The van der Waals surface area contributed by atoms with Crippen LogP contribution in [0.3, 0.4) is 0 Å². The summed E-state index contributed by atoms with van der Waals surface area (Å²) in [5.74, 6) is -0.834. The third kappa shape index (κ3) is 3.32. The van der Waals surface area contributed by atoms with Gasteiger partial charge in [-0.05, 0) is 32.5 Å². The maximum absolute atomic E-state index is 10.7. The van der Waals surface area contributed by atoms with E-state index in [0.29, 0.717) is 10.9 Å². The first-order valence-corrected chi connectivity index (χ1v) is 5.92. The van der Waals surface area contributed by atoms with Gasteiger partial charge in [0.05, 0.1) is 0 Å². The molecule has 0 aliphatic rings. The minimum absolute atomic E-state index is 0.421. The van der Waals surface area contributed by atoms with Crippen molar-refractivity contribution in [3.8, 4) is 0 Å². The minimum atomic E-state index is -0.834. The quantitative estimate of drug-likeness (QED) is 0.840. The zero-order valence-electron chi connectivity index (χ0n) is 9.36. The van der Waals surface area contributed by atoms with Crippen LogP contribution in [0.2, 0.25) is 0 Å². The summed E-state index contributed by atoms with van der Waals surface area (Å²) in [6.07, 6.45) is 0. The molecule has 1 rings (SSSR count). The predicted molar refractivity (Wildman–Crippen MR) is 62.5 cm³/mol. The van der Waals surface area contributed by atoms with E-state index in [9.17, 15) is 4.79 Å². The van der Waals surface area contributed by atoms with Crippen molar-refractivity contribution < 1.29 is 9.90 Å². The molecule has 0 spiro atoms. The number of carboxylic acids is 1. The van der Waals surface area contributed by atoms with E-state index in [1.54, 1.807) is 6.07 Å². The number of carboxylic acid groups (broad SMARTS) is 1. The Bertz CT molecular complexity index is 333. The molecule has 0 saturated heterocycles. The Morgan fingerprint density at radius 2 is 2.20 bits per heavy atom. The second kappa shape index (κ2) is 5.28. The zero-order chi connectivity index (χ0) is 11.4. The molecule has 0 aliphatic heterocycles. The summed E-state index contributed by atoms with van der Waals surface area (Å²) in [5, 5.41) is 8.80. The number of nitrogens with zero attached hydrogens (tertiary/aromatic N) is 1. The lowest BCUT2D eigenvalue weighted by Gasteiger charge is -2.23. The summed E-state index contributed by atoms with van der Waals surface area (Å²) in [6, 6.07) is 4.07. The number of rotatable bonds is 5. The van der Waals surface area contributed by atoms with Gasteiger partial charge in [-0.25, -0.2) is 4.79 Å². The molecule has 0 unspecified atom stereocenters. The van der Waals surface area contributed by atoms with E-state index in [-0.39, 0.29) is 0 Å². The molecule has 84 valence electrons. The molecule has 15 heavy (non-hydrogen) atoms. The highest BCUT2D eigenvalue weighted by Gasteiger charge is 2.11. The normalized spacial score (nSPS) is 11.3. The Morgan fingerprint density at radius 3 is 2.60 bits per heavy atom. The molecular weight excluding hydrogens is 210 g/mol. The molecule has 3 nitrogen and oxygen atoms in total. The number of thiophene rings is 1. The molecule has 0 radical (unpaired) electrons. The average Bonchev–Trinajstić information content (AvgIpc) is 2.61. The molecule has 4 heteroatoms. The third-order valence-electron chi connectivity index (χ3n) is 2.37. The van der Waals surface area contributed by atoms with E-state index in [0.717, 1.165) is 18.0 Å². The van der Waals surface area contributed by atoms with E-state index in [1.807, 2.05) is 6.07 Å². The topological polar surface area (TPSA) is 40.5 Å². The van der Waals surface area contributed by atoms with E-state index >= 15 is 0 Å². The SMILES string of the molecule is CCN(Cc1ccc(C(=O)O)s1)C(C)C. The van der Waals surface area contributed by atoms with Crippen molar-refractivity contribution in [3.63, 3.8) is 0 Å². The average molecular weight is 227 g/mol. The first-order chi connectivity index (χ1) is 7.04. The van der Waals surface area contributed by atoms with Gasteiger partial charge in [-0.2, -0.15) is 0 Å². The van der Waals surface area contributed by atoms with Crippen LogP contribution in [0.4, 0.5) is 0 Å². The molecule has 0 aromatic carbocycles. The van der Waals surface area contributed by atoms with Gasteiger partial charge in [0.25, 0.3) is 0 Å². The van der Waals surface area contributed by atoms with Crippen LogP contribution in [-0.4, -0.2) is 28.6 Å². The molecule has 0 saturated carbocycles. The molecule has 1 aromatic heterocycles. The molecule has 0 amide bonds. The van der Waals surface area contributed by atoms with Gasteiger partial charge in [0.1, 0.15) is 4.88 Å². The van der Waals surface area contributed by atoms with Crippen molar-refractivity contribution in [1.82, 2.24) is 4.90 Å². The standard InChI is InChI=1S/C11H17NO2S/c1-4-12(8(2)3)7-9-5-6-10(15-9)11(13)14/h5-6,8H,4,7H2,1-3H3,(H,13,14). The molecule has 0 bridgehead atoms. The maximum Gasteiger partial charge on any atom is 0.345 e. The maximum atomic E-state index is 10.7. The molecule has 1 N–H and O–H groups in total. The van der Waals surface area contributed by atoms with Gasteiger partial charge in [-0.3, -0.25) is 4.90 Å². The van der Waals surface area contributed by atoms with E-state index < -0.39 is 5.97 Å². The molecular formula is C11H17NO2S. The Labute approximate surface area is 94.3 Å². The van der Waals surface area contributed by atoms with Crippen LogP contribution in [0.1, 0.15) is 35.3 Å². The summed E-state index contributed by atoms with van der Waals surface area (Å²) in [7, 11) is 0. The number of aromatic carboxylic acids is 1. The van der Waals surface area contributed by atoms with Gasteiger partial charge >= 0.3 is 5.97 Å². The van der Waals surface area contributed by atoms with Crippen molar-refractivity contribution in [1.29, 1.82) is 0 Å². The van der Waals surface area contributed by atoms with Crippen molar-refractivity contribution in [3.05, 3.63) is 21.9 Å². The van der Waals surface area contributed by atoms with Gasteiger partial charge in [-0.15, -0.1) is 11.3 Å². The van der Waals surface area contributed by atoms with Gasteiger partial charge in [-0.1, -0.05) is 6.92 Å². The largest absolute Gasteiger partial charge is 0.477 e. The predicted octanol–water partition coefficient (Wildman–Crippen LogP) is 2.68. The van der Waals surface area contributed by atoms with Crippen LogP contribution in [-0.2, 0) is 6.54 Å². The van der Waals surface area contributed by atoms with Gasteiger partial charge in [0.15, 0.2) is 0 Å². The first kappa shape index (κ1) is 12.2. The fraction of sp³-hybridized carbons (Fsp3) is 0.545. The monoisotopic (exact) mass is 227 g/mol. The Balaban J connectivity index is 2.67. The highest BCUT2D eigenvalue weighted by Crippen LogP contribution is 2.19. The van der Waals surface area contributed by atoms with Crippen molar-refractivity contribution >= 4 is 17.3 Å². The van der Waals surface area contributed by atoms with Crippen LogP contribution in [0, 0.1) is 0 Å². The lowest BCUT2D eigenvalue weighted by atomic mass is 10.3. The van der Waals surface area contributed by atoms with E-state index in [1.165, 1.54) is 11.3 Å². The zero-order valence-corrected chi connectivity index (χ0v) is 10.2. The van der Waals surface area contributed by atoms with E-state index in [2.05, 4.69) is 25.7 Å². The highest BCUT2D eigenvalue weighted by atomic mass is 32.1. The summed E-state index contributed by atoms with van der Waals surface area (Å²) in [6.45, 7) is 8.24. The lowest BCUT2D eigenvalue weighted by molar-refractivity contribution is 0.0702. The molecule has 0 aliphatic carbocycles. The number of hydrogen-bond acceptors (Lipinski definition) is 3. The molecule has 0 fully saturated rings. The minimum Gasteiger partial charge on any atom is -0.477 e. The van der Waals surface area contributed by atoms with Crippen molar-refractivity contribution in [2.24, 2.45) is 0 Å². The Kier molecular flexibility index (Phi) is 4.29. The molecule has 0 atom stereocenters. The van der Waals surface area contributed by atoms with Gasteiger partial charge < -0.3 is 5.11 Å². The fourth-order valence-electron chi connectivity index (χ4n) is 1.44. The Hall–Kier alpha value is -0.870. The number of hydrogen-bond donors (Lipinski definition) is 1. The first-order valence-electron chi connectivity index (χ1n) is 5.10. The second-order valence-corrected chi connectivity index (χ2v) is 4.90.